The van der Waals surface area contributed by atoms with E-state index in [1.807, 2.05) is 87.7 Å². The SMILES string of the molecule is Cc1sc2c(c1C)C(c1ccc(Cl)cc1)=N[C@@H](CC(=O)NC1CC(Oc3ccc(CC(=O)N[C@H](C(=O)N4C[C@H](O)C[C@H]4CN[C@@H](C)c4ccc(S(C)(=O)=O)cc4)C(C)(C)C)cc3)C1)c1nnc(C)n1-2. The highest BCUT2D eigenvalue weighted by Crippen LogP contribution is 2.40. The summed E-state index contributed by atoms with van der Waals surface area (Å²) < 4.78 is 32.1. The summed E-state index contributed by atoms with van der Waals surface area (Å²) >= 11 is 7.93. The first-order valence-corrected chi connectivity index (χ1v) is 26.4. The van der Waals surface area contributed by atoms with E-state index in [9.17, 15) is 27.9 Å². The van der Waals surface area contributed by atoms with Crippen LogP contribution in [-0.2, 0) is 30.6 Å². The number of sulfone groups is 1. The van der Waals surface area contributed by atoms with E-state index in [-0.39, 0.29) is 66.2 Å². The highest BCUT2D eigenvalue weighted by molar-refractivity contribution is 7.90. The maximum absolute atomic E-state index is 14.2. The summed E-state index contributed by atoms with van der Waals surface area (Å²) in [6.07, 6.45) is 2.18. The molecule has 5 atom stereocenters. The largest absolute Gasteiger partial charge is 0.490 e. The zero-order valence-electron chi connectivity index (χ0n) is 40.2. The molecule has 0 radical (unpaired) electrons. The zero-order chi connectivity index (χ0) is 49.5. The number of rotatable bonds is 15. The van der Waals surface area contributed by atoms with Crippen LogP contribution < -0.4 is 20.7 Å². The summed E-state index contributed by atoms with van der Waals surface area (Å²) in [4.78, 5) is 49.7. The molecule has 366 valence electrons. The van der Waals surface area contributed by atoms with E-state index in [0.29, 0.717) is 42.4 Å². The van der Waals surface area contributed by atoms with Crippen LogP contribution in [0.5, 0.6) is 5.75 Å². The molecular weight excluding hydrogens is 936 g/mol. The summed E-state index contributed by atoms with van der Waals surface area (Å²) in [6.45, 7) is 14.3. The lowest BCUT2D eigenvalue weighted by molar-refractivity contribution is -0.140. The van der Waals surface area contributed by atoms with Gasteiger partial charge in [0, 0.05) is 71.3 Å². The number of ether oxygens (including phenoxy) is 1. The van der Waals surface area contributed by atoms with Crippen molar-refractivity contribution >= 4 is 56.2 Å². The number of carbonyl (C=O) groups is 3. The van der Waals surface area contributed by atoms with Gasteiger partial charge in [-0.15, -0.1) is 21.5 Å². The first-order valence-electron chi connectivity index (χ1n) is 23.4. The predicted octanol–water partition coefficient (Wildman–Crippen LogP) is 6.71. The third-order valence-corrected chi connectivity index (χ3v) is 15.9. The number of aliphatic imine (C=N–C) groups is 1. The number of aliphatic hydroxyl groups is 1. The van der Waals surface area contributed by atoms with Gasteiger partial charge >= 0.3 is 0 Å². The van der Waals surface area contributed by atoms with Gasteiger partial charge in [-0.3, -0.25) is 23.9 Å². The fraction of sp³-hybridized carbons (Fsp3) is 0.451. The number of aryl methyl sites for hydroxylation is 2. The predicted molar refractivity (Wildman–Crippen MR) is 267 cm³/mol. The molecule has 1 saturated heterocycles. The minimum absolute atomic E-state index is 0.0521. The van der Waals surface area contributed by atoms with Crippen LogP contribution in [0.25, 0.3) is 5.00 Å². The van der Waals surface area contributed by atoms with Crippen LogP contribution in [0.1, 0.15) is 110 Å². The number of aromatic nitrogens is 3. The number of benzene rings is 3. The van der Waals surface area contributed by atoms with Crippen molar-refractivity contribution in [2.45, 2.75) is 128 Å². The summed E-state index contributed by atoms with van der Waals surface area (Å²) in [5.41, 5.74) is 4.86. The highest BCUT2D eigenvalue weighted by Gasteiger charge is 2.42. The van der Waals surface area contributed by atoms with Gasteiger partial charge in [0.05, 0.1) is 29.6 Å². The van der Waals surface area contributed by atoms with Crippen LogP contribution >= 0.6 is 22.9 Å². The molecule has 0 spiro atoms. The van der Waals surface area contributed by atoms with E-state index >= 15 is 0 Å². The third-order valence-electron chi connectivity index (χ3n) is 13.3. The van der Waals surface area contributed by atoms with E-state index in [1.54, 1.807) is 40.5 Å². The van der Waals surface area contributed by atoms with Gasteiger partial charge in [-0.2, -0.15) is 0 Å². The van der Waals surface area contributed by atoms with Crippen LogP contribution in [0.15, 0.2) is 82.7 Å². The molecule has 2 aromatic heterocycles. The van der Waals surface area contributed by atoms with Gasteiger partial charge in [0.2, 0.25) is 17.7 Å². The van der Waals surface area contributed by atoms with Crippen LogP contribution in [0.2, 0.25) is 5.02 Å². The van der Waals surface area contributed by atoms with Crippen molar-refractivity contribution in [1.29, 1.82) is 0 Å². The molecule has 2 fully saturated rings. The Morgan fingerprint density at radius 2 is 1.62 bits per heavy atom. The summed E-state index contributed by atoms with van der Waals surface area (Å²) in [6, 6.07) is 19.7. The molecule has 4 N–H and O–H groups in total. The number of likely N-dealkylation sites (tertiary alicyclic amines) is 1. The Bertz CT molecular complexity index is 2850. The molecule has 3 aliphatic rings. The van der Waals surface area contributed by atoms with Crippen molar-refractivity contribution < 1.29 is 32.6 Å². The van der Waals surface area contributed by atoms with Crippen molar-refractivity contribution in [2.24, 2.45) is 10.4 Å². The minimum Gasteiger partial charge on any atom is -0.490 e. The van der Waals surface area contributed by atoms with Crippen molar-refractivity contribution in [3.63, 3.8) is 0 Å². The summed E-state index contributed by atoms with van der Waals surface area (Å²) in [7, 11) is -3.31. The number of fused-ring (bicyclic) bond motifs is 3. The Hall–Kier alpha value is -5.46. The number of aliphatic hydroxyl groups excluding tert-OH is 1. The Morgan fingerprint density at radius 1 is 0.942 bits per heavy atom. The molecule has 69 heavy (non-hydrogen) atoms. The minimum atomic E-state index is -3.31. The third kappa shape index (κ3) is 11.3. The quantitative estimate of drug-likeness (QED) is 0.0876. The number of hydrogen-bond acceptors (Lipinski definition) is 12. The molecule has 2 aliphatic heterocycles. The lowest BCUT2D eigenvalue weighted by Gasteiger charge is -2.36. The van der Waals surface area contributed by atoms with Gasteiger partial charge in [0.15, 0.2) is 15.7 Å². The Labute approximate surface area is 413 Å². The van der Waals surface area contributed by atoms with Gasteiger partial charge in [-0.25, -0.2) is 8.42 Å². The molecule has 18 heteroatoms. The Morgan fingerprint density at radius 3 is 2.28 bits per heavy atom. The van der Waals surface area contributed by atoms with E-state index in [4.69, 9.17) is 21.3 Å². The molecule has 1 aliphatic carbocycles. The van der Waals surface area contributed by atoms with E-state index < -0.39 is 33.4 Å². The van der Waals surface area contributed by atoms with Crippen molar-refractivity contribution in [3.8, 4) is 10.8 Å². The number of halogens is 1. The Kier molecular flexibility index (Phi) is 14.6. The van der Waals surface area contributed by atoms with Gasteiger partial charge in [-0.1, -0.05) is 68.8 Å². The molecule has 15 nitrogen and oxygen atoms in total. The number of thiophene rings is 1. The summed E-state index contributed by atoms with van der Waals surface area (Å²) in [5.74, 6) is 1.31. The maximum atomic E-state index is 14.2. The molecule has 8 rings (SSSR count). The van der Waals surface area contributed by atoms with Crippen LogP contribution in [-0.4, -0.2) is 106 Å². The lowest BCUT2D eigenvalue weighted by atomic mass is 9.85. The molecule has 3 aromatic carbocycles. The number of nitrogens with one attached hydrogen (secondary N) is 3. The van der Waals surface area contributed by atoms with Crippen LogP contribution in [0, 0.1) is 26.2 Å². The van der Waals surface area contributed by atoms with Gasteiger partial charge in [0.1, 0.15) is 34.8 Å². The first-order chi connectivity index (χ1) is 32.6. The van der Waals surface area contributed by atoms with Crippen LogP contribution in [0.3, 0.4) is 0 Å². The number of nitrogens with zero attached hydrogens (tertiary/aromatic N) is 5. The first kappa shape index (κ1) is 49.9. The molecular formula is C51H61ClN8O7S2. The monoisotopic (exact) mass is 996 g/mol. The number of amides is 3. The molecule has 4 heterocycles. The number of carbonyl (C=O) groups excluding carboxylic acids is 3. The van der Waals surface area contributed by atoms with E-state index in [1.165, 1.54) is 11.1 Å². The van der Waals surface area contributed by atoms with E-state index in [2.05, 4.69) is 40.0 Å². The lowest BCUT2D eigenvalue weighted by Crippen LogP contribution is -2.57. The molecule has 3 amide bonds. The summed E-state index contributed by atoms with van der Waals surface area (Å²) in [5, 5.41) is 30.8. The average Bonchev–Trinajstić information content (AvgIpc) is 3.92. The maximum Gasteiger partial charge on any atom is 0.246 e. The highest BCUT2D eigenvalue weighted by atomic mass is 35.5. The van der Waals surface area contributed by atoms with Crippen molar-refractivity contribution in [3.05, 3.63) is 122 Å². The topological polar surface area (TPSA) is 197 Å². The van der Waals surface area contributed by atoms with E-state index in [0.717, 1.165) is 44.4 Å². The fourth-order valence-electron chi connectivity index (χ4n) is 9.25. The fourth-order valence-corrected chi connectivity index (χ4v) is 11.2. The van der Waals surface area contributed by atoms with Gasteiger partial charge in [0.25, 0.3) is 0 Å². The average molecular weight is 998 g/mol. The standard InChI is InChI=1S/C51H61ClN8O7S2/c1-28-30(3)68-50-45(28)46(34-11-15-35(52)16-12-34)55-42(48-58-57-31(4)60(48)50)25-44(63)54-36-22-40(23-36)67-39-17-9-32(10-18-39)21-43(62)56-47(51(5,6)7)49(64)59-27-38(61)24-37(59)26-53-29(2)33-13-19-41(20-14-33)69(8,65)66/h9-20,29,36-38,40,42,47,53,61H,21-27H2,1-8H3,(H,54,63)(H,56,62)/t29-,36?,37-,38+,40?,42-,47+/m0/s1. The van der Waals surface area contributed by atoms with Crippen molar-refractivity contribution in [1.82, 2.24) is 35.6 Å². The normalized spacial score (nSPS) is 21.0. The van der Waals surface area contributed by atoms with Gasteiger partial charge in [-0.05, 0) is 92.6 Å². The molecule has 0 bridgehead atoms. The molecule has 0 unspecified atom stereocenters. The molecule has 1 saturated carbocycles. The van der Waals surface area contributed by atoms with Gasteiger partial charge < -0.3 is 30.7 Å². The smallest absolute Gasteiger partial charge is 0.246 e. The number of β-amino-alcohol motifs (C(OH)–C–C–N with tert-alkyl or cyclic N) is 1. The second kappa shape index (κ2) is 20.1. The zero-order valence-corrected chi connectivity index (χ0v) is 42.6. The van der Waals surface area contributed by atoms with Crippen molar-refractivity contribution in [2.75, 3.05) is 19.3 Å². The molecule has 5 aromatic rings. The Balaban J connectivity index is 0.829. The second-order valence-corrected chi connectivity index (χ2v) is 23.4. The second-order valence-electron chi connectivity index (χ2n) is 19.8. The number of hydrogen-bond donors (Lipinski definition) is 4. The van der Waals surface area contributed by atoms with Crippen LogP contribution in [0.4, 0.5) is 0 Å².